The van der Waals surface area contributed by atoms with E-state index in [2.05, 4.69) is 29.1 Å². The molecule has 4 aromatic rings. The summed E-state index contributed by atoms with van der Waals surface area (Å²) in [5.74, 6) is 1.71. The number of hydrogen-bond donors (Lipinski definition) is 1. The Morgan fingerprint density at radius 2 is 2.00 bits per heavy atom. The van der Waals surface area contributed by atoms with Crippen LogP contribution in [0.1, 0.15) is 24.2 Å². The van der Waals surface area contributed by atoms with Crippen LogP contribution < -0.4 is 14.8 Å². The third kappa shape index (κ3) is 4.66. The molecule has 1 N–H and O–H groups in total. The molecule has 2 aromatic carbocycles. The highest BCUT2D eigenvalue weighted by Crippen LogP contribution is 2.32. The molecule has 0 atom stereocenters. The summed E-state index contributed by atoms with van der Waals surface area (Å²) in [5.41, 5.74) is 2.81. The van der Waals surface area contributed by atoms with Crippen LogP contribution in [-0.2, 0) is 0 Å². The molecule has 7 nitrogen and oxygen atoms in total. The minimum atomic E-state index is -0.273. The molecule has 31 heavy (non-hydrogen) atoms. The van der Waals surface area contributed by atoms with E-state index in [9.17, 15) is 4.79 Å². The van der Waals surface area contributed by atoms with Crippen molar-refractivity contribution in [1.29, 1.82) is 0 Å². The van der Waals surface area contributed by atoms with Crippen molar-refractivity contribution < 1.29 is 18.7 Å². The predicted octanol–water partition coefficient (Wildman–Crippen LogP) is 5.19. The molecule has 0 aliphatic rings. The predicted molar refractivity (Wildman–Crippen MR) is 119 cm³/mol. The first-order valence-corrected chi connectivity index (χ1v) is 9.97. The summed E-state index contributed by atoms with van der Waals surface area (Å²) in [4.78, 5) is 21.5. The van der Waals surface area contributed by atoms with E-state index in [1.54, 1.807) is 55.8 Å². The van der Waals surface area contributed by atoms with E-state index in [-0.39, 0.29) is 5.91 Å². The average Bonchev–Trinajstić information content (AvgIpc) is 3.22. The van der Waals surface area contributed by atoms with Gasteiger partial charge in [0.05, 0.1) is 19.4 Å². The normalized spacial score (nSPS) is 11.0. The summed E-state index contributed by atoms with van der Waals surface area (Å²) in [5, 5.41) is 2.91. The Bertz CT molecular complexity index is 1180. The molecule has 2 aromatic heterocycles. The van der Waals surface area contributed by atoms with Gasteiger partial charge in [-0.2, -0.15) is 4.98 Å². The lowest BCUT2D eigenvalue weighted by Crippen LogP contribution is -2.13. The van der Waals surface area contributed by atoms with Gasteiger partial charge in [-0.15, -0.1) is 0 Å². The number of fused-ring (bicyclic) bond motifs is 1. The number of carbonyl (C=O) groups is 1. The van der Waals surface area contributed by atoms with Crippen LogP contribution >= 0.6 is 0 Å². The highest BCUT2D eigenvalue weighted by atomic mass is 16.5. The van der Waals surface area contributed by atoms with Crippen molar-refractivity contribution >= 4 is 22.8 Å². The fraction of sp³-hybridized carbons (Fsp3) is 0.208. The number of pyridine rings is 1. The molecule has 158 valence electrons. The van der Waals surface area contributed by atoms with Crippen molar-refractivity contribution in [2.45, 2.75) is 13.8 Å². The minimum absolute atomic E-state index is 0.273. The van der Waals surface area contributed by atoms with Gasteiger partial charge in [-0.1, -0.05) is 19.9 Å². The molecule has 0 saturated heterocycles. The molecule has 4 rings (SSSR count). The Balaban J connectivity index is 1.59. The number of methoxy groups -OCH3 is 1. The number of hydrogen-bond acceptors (Lipinski definition) is 6. The second-order valence-electron chi connectivity index (χ2n) is 7.45. The molecule has 0 unspecified atom stereocenters. The lowest BCUT2D eigenvalue weighted by atomic mass is 10.1. The van der Waals surface area contributed by atoms with Crippen LogP contribution in [0.25, 0.3) is 22.7 Å². The maximum atomic E-state index is 12.9. The summed E-state index contributed by atoms with van der Waals surface area (Å²) in [7, 11) is 1.55. The largest absolute Gasteiger partial charge is 0.495 e. The van der Waals surface area contributed by atoms with Crippen LogP contribution in [0.15, 0.2) is 65.2 Å². The van der Waals surface area contributed by atoms with Crippen LogP contribution in [0, 0.1) is 5.92 Å². The summed E-state index contributed by atoms with van der Waals surface area (Å²) >= 11 is 0. The fourth-order valence-electron chi connectivity index (χ4n) is 3.02. The maximum absolute atomic E-state index is 12.9. The first-order valence-electron chi connectivity index (χ1n) is 9.97. The molecule has 0 bridgehead atoms. The maximum Gasteiger partial charge on any atom is 0.255 e. The number of benzene rings is 2. The molecule has 2 heterocycles. The van der Waals surface area contributed by atoms with Crippen molar-refractivity contribution in [2.75, 3.05) is 19.0 Å². The Kier molecular flexibility index (Phi) is 5.84. The first kappa shape index (κ1) is 20.4. The number of anilines is 1. The van der Waals surface area contributed by atoms with Gasteiger partial charge in [0.2, 0.25) is 5.89 Å². The average molecular weight is 417 g/mol. The minimum Gasteiger partial charge on any atom is -0.495 e. The number of nitrogens with one attached hydrogen (secondary N) is 1. The first-order chi connectivity index (χ1) is 15.0. The number of ether oxygens (including phenoxy) is 2. The molecule has 0 spiro atoms. The Morgan fingerprint density at radius 1 is 1.13 bits per heavy atom. The second-order valence-corrected chi connectivity index (χ2v) is 7.45. The zero-order valence-electron chi connectivity index (χ0n) is 17.6. The van der Waals surface area contributed by atoms with Gasteiger partial charge in [0.25, 0.3) is 5.91 Å². The monoisotopic (exact) mass is 417 g/mol. The summed E-state index contributed by atoms with van der Waals surface area (Å²) in [6.07, 6.45) is 1.66. The van der Waals surface area contributed by atoms with E-state index in [4.69, 9.17) is 13.9 Å². The Labute approximate surface area is 180 Å². The lowest BCUT2D eigenvalue weighted by molar-refractivity contribution is 0.102. The smallest absolute Gasteiger partial charge is 0.255 e. The zero-order valence-corrected chi connectivity index (χ0v) is 17.6. The number of rotatable bonds is 7. The fourth-order valence-corrected chi connectivity index (χ4v) is 3.02. The zero-order chi connectivity index (χ0) is 21.8. The van der Waals surface area contributed by atoms with Gasteiger partial charge in [-0.05, 0) is 54.4 Å². The highest BCUT2D eigenvalue weighted by molar-refractivity contribution is 6.05. The van der Waals surface area contributed by atoms with Gasteiger partial charge in [0.15, 0.2) is 11.2 Å². The van der Waals surface area contributed by atoms with E-state index < -0.39 is 0 Å². The Hall–Kier alpha value is -3.87. The second kappa shape index (κ2) is 8.87. The van der Waals surface area contributed by atoms with Gasteiger partial charge in [-0.25, -0.2) is 4.98 Å². The summed E-state index contributed by atoms with van der Waals surface area (Å²) in [6.45, 7) is 4.73. The van der Waals surface area contributed by atoms with Crippen molar-refractivity contribution in [1.82, 2.24) is 9.97 Å². The number of amides is 1. The van der Waals surface area contributed by atoms with E-state index in [0.717, 1.165) is 0 Å². The summed E-state index contributed by atoms with van der Waals surface area (Å²) in [6, 6.07) is 16.0. The van der Waals surface area contributed by atoms with Crippen LogP contribution in [-0.4, -0.2) is 29.6 Å². The number of nitrogens with zero attached hydrogens (tertiary/aromatic N) is 2. The number of carbonyl (C=O) groups excluding carboxylic acids is 1. The van der Waals surface area contributed by atoms with Crippen molar-refractivity contribution in [3.63, 3.8) is 0 Å². The van der Waals surface area contributed by atoms with Gasteiger partial charge < -0.3 is 19.2 Å². The molecule has 0 aliphatic carbocycles. The third-order valence-corrected chi connectivity index (χ3v) is 4.54. The molecule has 0 radical (unpaired) electrons. The third-order valence-electron chi connectivity index (χ3n) is 4.54. The molecule has 0 fully saturated rings. The number of aromatic nitrogens is 2. The molecular formula is C24H23N3O4. The topological polar surface area (TPSA) is 86.5 Å². The van der Waals surface area contributed by atoms with Crippen LogP contribution in [0.2, 0.25) is 0 Å². The van der Waals surface area contributed by atoms with Crippen LogP contribution in [0.4, 0.5) is 5.69 Å². The SMILES string of the molecule is COc1ccc(-c2nc3ncccc3o2)cc1NC(=O)c1cccc(OCC(C)C)c1. The van der Waals surface area contributed by atoms with Gasteiger partial charge in [0.1, 0.15) is 11.5 Å². The molecular weight excluding hydrogens is 394 g/mol. The van der Waals surface area contributed by atoms with Crippen LogP contribution in [0.3, 0.4) is 0 Å². The van der Waals surface area contributed by atoms with Gasteiger partial charge in [0, 0.05) is 17.3 Å². The van der Waals surface area contributed by atoms with E-state index >= 15 is 0 Å². The summed E-state index contributed by atoms with van der Waals surface area (Å²) < 4.78 is 16.9. The number of oxazole rings is 1. The van der Waals surface area contributed by atoms with Crippen molar-refractivity contribution in [3.8, 4) is 23.0 Å². The lowest BCUT2D eigenvalue weighted by Gasteiger charge is -2.12. The van der Waals surface area contributed by atoms with E-state index in [1.165, 1.54) is 0 Å². The quantitative estimate of drug-likeness (QED) is 0.446. The molecule has 0 aliphatic heterocycles. The molecule has 1 amide bonds. The van der Waals surface area contributed by atoms with Gasteiger partial charge >= 0.3 is 0 Å². The highest BCUT2D eigenvalue weighted by Gasteiger charge is 2.15. The van der Waals surface area contributed by atoms with Crippen molar-refractivity contribution in [2.24, 2.45) is 5.92 Å². The van der Waals surface area contributed by atoms with E-state index in [1.807, 2.05) is 12.1 Å². The molecule has 0 saturated carbocycles. The van der Waals surface area contributed by atoms with E-state index in [0.29, 0.717) is 58.0 Å². The van der Waals surface area contributed by atoms with Crippen molar-refractivity contribution in [3.05, 3.63) is 66.4 Å². The Morgan fingerprint density at radius 3 is 2.77 bits per heavy atom. The van der Waals surface area contributed by atoms with Gasteiger partial charge in [-0.3, -0.25) is 4.79 Å². The molecule has 7 heteroatoms. The van der Waals surface area contributed by atoms with Crippen LogP contribution in [0.5, 0.6) is 11.5 Å². The standard InChI is InChI=1S/C24H23N3O4/c1-15(2)14-30-18-7-4-6-16(12-18)23(28)26-19-13-17(9-10-20(19)29-3)24-27-22-21(31-24)8-5-11-25-22/h4-13,15H,14H2,1-3H3,(H,26,28).